The number of nitrogens with zero attached hydrogens (tertiary/aromatic N) is 1. The molecule has 6 heteroatoms. The molecule has 0 aliphatic carbocycles. The summed E-state index contributed by atoms with van der Waals surface area (Å²) in [5.41, 5.74) is 2.53. The zero-order valence-electron chi connectivity index (χ0n) is 14.9. The molecule has 2 aromatic rings. The third-order valence-electron chi connectivity index (χ3n) is 4.74. The lowest BCUT2D eigenvalue weighted by molar-refractivity contribution is -0.120. The van der Waals surface area contributed by atoms with E-state index >= 15 is 0 Å². The van der Waals surface area contributed by atoms with E-state index in [1.165, 1.54) is 4.31 Å². The summed E-state index contributed by atoms with van der Waals surface area (Å²) in [6.45, 7) is 2.66. The maximum atomic E-state index is 12.7. The normalized spacial score (nSPS) is 18.4. The quantitative estimate of drug-likeness (QED) is 0.877. The van der Waals surface area contributed by atoms with Gasteiger partial charge in [-0.1, -0.05) is 48.5 Å². The van der Waals surface area contributed by atoms with Gasteiger partial charge in [-0.15, -0.1) is 0 Å². The first-order chi connectivity index (χ1) is 12.5. The molecule has 3 rings (SSSR count). The summed E-state index contributed by atoms with van der Waals surface area (Å²) in [6.07, 6.45) is 1.40. The van der Waals surface area contributed by atoms with Crippen molar-refractivity contribution in [1.82, 2.24) is 4.31 Å². The molecule has 26 heavy (non-hydrogen) atoms. The van der Waals surface area contributed by atoms with Crippen LogP contribution in [0.15, 0.2) is 54.6 Å². The molecule has 1 saturated heterocycles. The van der Waals surface area contributed by atoms with Gasteiger partial charge in [-0.3, -0.25) is 4.79 Å². The zero-order valence-corrected chi connectivity index (χ0v) is 15.7. The van der Waals surface area contributed by atoms with Crippen molar-refractivity contribution in [3.63, 3.8) is 0 Å². The summed E-state index contributed by atoms with van der Waals surface area (Å²) < 4.78 is 26.9. The van der Waals surface area contributed by atoms with Crippen molar-refractivity contribution in [2.24, 2.45) is 5.92 Å². The Morgan fingerprint density at radius 3 is 2.54 bits per heavy atom. The Morgan fingerprint density at radius 1 is 1.12 bits per heavy atom. The number of sulfonamides is 1. The van der Waals surface area contributed by atoms with Gasteiger partial charge in [0.1, 0.15) is 0 Å². The Balaban J connectivity index is 1.67. The van der Waals surface area contributed by atoms with Gasteiger partial charge in [0.25, 0.3) is 0 Å². The van der Waals surface area contributed by atoms with Crippen LogP contribution < -0.4 is 5.32 Å². The molecule has 0 saturated carbocycles. The zero-order chi connectivity index (χ0) is 18.6. The Labute approximate surface area is 155 Å². The van der Waals surface area contributed by atoms with Crippen LogP contribution in [0.3, 0.4) is 0 Å². The van der Waals surface area contributed by atoms with Crippen molar-refractivity contribution in [3.05, 3.63) is 65.7 Å². The molecule has 0 aromatic heterocycles. The van der Waals surface area contributed by atoms with Crippen molar-refractivity contribution in [2.75, 3.05) is 18.4 Å². The number of nitrogens with one attached hydrogen (secondary N) is 1. The number of aryl methyl sites for hydroxylation is 1. The summed E-state index contributed by atoms with van der Waals surface area (Å²) in [4.78, 5) is 12.6. The highest BCUT2D eigenvalue weighted by Gasteiger charge is 2.32. The molecule has 0 unspecified atom stereocenters. The largest absolute Gasteiger partial charge is 0.326 e. The molecule has 0 radical (unpaired) electrons. The first kappa shape index (κ1) is 18.6. The minimum atomic E-state index is -3.43. The number of hydrogen-bond donors (Lipinski definition) is 1. The highest BCUT2D eigenvalue weighted by atomic mass is 32.2. The lowest BCUT2D eigenvalue weighted by Crippen LogP contribution is -2.44. The highest BCUT2D eigenvalue weighted by molar-refractivity contribution is 7.88. The van der Waals surface area contributed by atoms with E-state index < -0.39 is 10.0 Å². The van der Waals surface area contributed by atoms with Gasteiger partial charge in [-0.05, 0) is 37.0 Å². The second-order valence-electron chi connectivity index (χ2n) is 6.74. The van der Waals surface area contributed by atoms with Crippen LogP contribution in [-0.4, -0.2) is 31.7 Å². The number of amides is 1. The monoisotopic (exact) mass is 372 g/mol. The predicted molar refractivity (Wildman–Crippen MR) is 103 cm³/mol. The topological polar surface area (TPSA) is 66.5 Å². The number of rotatable bonds is 5. The fraction of sp³-hybridized carbons (Fsp3) is 0.350. The van der Waals surface area contributed by atoms with Gasteiger partial charge in [-0.2, -0.15) is 0 Å². The molecule has 1 fully saturated rings. The number of carbonyl (C=O) groups excluding carboxylic acids is 1. The number of anilines is 1. The van der Waals surface area contributed by atoms with E-state index in [0.29, 0.717) is 19.4 Å². The number of benzene rings is 2. The third kappa shape index (κ3) is 4.51. The van der Waals surface area contributed by atoms with Gasteiger partial charge in [-0.25, -0.2) is 12.7 Å². The molecule has 0 spiro atoms. The van der Waals surface area contributed by atoms with Gasteiger partial charge in [0, 0.05) is 18.8 Å². The summed E-state index contributed by atoms with van der Waals surface area (Å²) in [5.74, 6) is -0.465. The molecule has 2 aromatic carbocycles. The minimum absolute atomic E-state index is 0.0278. The molecule has 1 amide bonds. The molecule has 1 aliphatic rings. The maximum absolute atomic E-state index is 12.7. The van der Waals surface area contributed by atoms with Crippen molar-refractivity contribution in [3.8, 4) is 0 Å². The number of para-hydroxylation sites is 1. The van der Waals surface area contributed by atoms with Crippen LogP contribution in [0, 0.1) is 12.8 Å². The van der Waals surface area contributed by atoms with Crippen LogP contribution in [-0.2, 0) is 20.6 Å². The Hall–Kier alpha value is -2.18. The van der Waals surface area contributed by atoms with E-state index in [1.54, 1.807) is 0 Å². The highest BCUT2D eigenvalue weighted by Crippen LogP contribution is 2.23. The second kappa shape index (κ2) is 8.01. The third-order valence-corrected chi connectivity index (χ3v) is 6.56. The smallest absolute Gasteiger partial charge is 0.228 e. The second-order valence-corrected chi connectivity index (χ2v) is 8.71. The van der Waals surface area contributed by atoms with E-state index in [9.17, 15) is 13.2 Å². The molecule has 1 aliphatic heterocycles. The molecule has 0 bridgehead atoms. The lowest BCUT2D eigenvalue weighted by atomic mass is 9.98. The van der Waals surface area contributed by atoms with Crippen LogP contribution in [0.1, 0.15) is 24.0 Å². The van der Waals surface area contributed by atoms with Crippen LogP contribution in [0.2, 0.25) is 0 Å². The van der Waals surface area contributed by atoms with E-state index in [-0.39, 0.29) is 24.1 Å². The van der Waals surface area contributed by atoms with Crippen LogP contribution in [0.25, 0.3) is 0 Å². The summed E-state index contributed by atoms with van der Waals surface area (Å²) in [6, 6.07) is 16.7. The maximum Gasteiger partial charge on any atom is 0.228 e. The van der Waals surface area contributed by atoms with Gasteiger partial charge in [0.05, 0.1) is 11.7 Å². The van der Waals surface area contributed by atoms with E-state index in [1.807, 2.05) is 61.5 Å². The molecule has 1 heterocycles. The van der Waals surface area contributed by atoms with Gasteiger partial charge in [0.2, 0.25) is 15.9 Å². The Kier molecular flexibility index (Phi) is 5.74. The van der Waals surface area contributed by atoms with Crippen molar-refractivity contribution in [2.45, 2.75) is 25.5 Å². The van der Waals surface area contributed by atoms with Crippen molar-refractivity contribution < 1.29 is 13.2 Å². The minimum Gasteiger partial charge on any atom is -0.326 e. The lowest BCUT2D eigenvalue weighted by Gasteiger charge is -2.31. The van der Waals surface area contributed by atoms with Crippen LogP contribution in [0.5, 0.6) is 0 Å². The standard InChI is InChI=1S/C20H24N2O3S/c1-16-8-5-6-12-19(16)21-20(23)18-11-7-13-22(14-18)26(24,25)15-17-9-3-2-4-10-17/h2-6,8-10,12,18H,7,11,13-15H2,1H3,(H,21,23)/t18-/m0/s1. The molecular weight excluding hydrogens is 348 g/mol. The fourth-order valence-electron chi connectivity index (χ4n) is 3.23. The molecule has 138 valence electrons. The van der Waals surface area contributed by atoms with Crippen LogP contribution in [0.4, 0.5) is 5.69 Å². The van der Waals surface area contributed by atoms with Crippen molar-refractivity contribution >= 4 is 21.6 Å². The first-order valence-corrected chi connectivity index (χ1v) is 10.4. The van der Waals surface area contributed by atoms with Gasteiger partial charge < -0.3 is 5.32 Å². The first-order valence-electron chi connectivity index (χ1n) is 8.84. The van der Waals surface area contributed by atoms with E-state index in [0.717, 1.165) is 16.8 Å². The van der Waals surface area contributed by atoms with Crippen LogP contribution >= 0.6 is 0 Å². The molecular formula is C20H24N2O3S. The number of carbonyl (C=O) groups is 1. The average Bonchev–Trinajstić information content (AvgIpc) is 2.64. The summed E-state index contributed by atoms with van der Waals surface area (Å²) >= 11 is 0. The van der Waals surface area contributed by atoms with E-state index in [2.05, 4.69) is 5.32 Å². The fourth-order valence-corrected chi connectivity index (χ4v) is 4.84. The van der Waals surface area contributed by atoms with Crippen molar-refractivity contribution in [1.29, 1.82) is 0 Å². The van der Waals surface area contributed by atoms with E-state index in [4.69, 9.17) is 0 Å². The SMILES string of the molecule is Cc1ccccc1NC(=O)[C@H]1CCCN(S(=O)(=O)Cc2ccccc2)C1. The Morgan fingerprint density at radius 2 is 1.81 bits per heavy atom. The number of piperidine rings is 1. The summed E-state index contributed by atoms with van der Waals surface area (Å²) in [7, 11) is -3.43. The van der Waals surface area contributed by atoms with Gasteiger partial charge >= 0.3 is 0 Å². The number of hydrogen-bond acceptors (Lipinski definition) is 3. The average molecular weight is 372 g/mol. The molecule has 5 nitrogen and oxygen atoms in total. The molecule has 1 N–H and O–H groups in total. The van der Waals surface area contributed by atoms with Gasteiger partial charge in [0.15, 0.2) is 0 Å². The molecule has 1 atom stereocenters. The summed E-state index contributed by atoms with van der Waals surface area (Å²) in [5, 5.41) is 2.94. The Bertz CT molecular complexity index is 866. The predicted octanol–water partition coefficient (Wildman–Crippen LogP) is 3.18.